The normalized spacial score (nSPS) is 8.73. The van der Waals surface area contributed by atoms with Gasteiger partial charge in [-0.15, -0.1) is 0 Å². The van der Waals surface area contributed by atoms with Gasteiger partial charge in [-0.05, 0) is 6.42 Å². The van der Waals surface area contributed by atoms with Crippen LogP contribution in [0.3, 0.4) is 0 Å². The highest BCUT2D eigenvalue weighted by Crippen LogP contribution is 1.75. The molecule has 0 aromatic carbocycles. The summed E-state index contributed by atoms with van der Waals surface area (Å²) in [6.07, 6.45) is 1.08. The first-order chi connectivity index (χ1) is 5.33. The van der Waals surface area contributed by atoms with Crippen LogP contribution in [0.5, 0.6) is 0 Å². The standard InChI is InChI=1S/C5H13NO.C2H8N2/c1-2-4-7-5-3-6;3-1-2-4/h2-6H2,1H3;1-4H2. The first-order valence-electron chi connectivity index (χ1n) is 4.01. The highest BCUT2D eigenvalue weighted by atomic mass is 16.5. The van der Waals surface area contributed by atoms with E-state index in [-0.39, 0.29) is 0 Å². The van der Waals surface area contributed by atoms with Crippen molar-refractivity contribution in [1.82, 2.24) is 0 Å². The number of rotatable bonds is 5. The molecular formula is C7H21N3O. The van der Waals surface area contributed by atoms with Gasteiger partial charge in [-0.25, -0.2) is 0 Å². The Hall–Kier alpha value is -0.160. The summed E-state index contributed by atoms with van der Waals surface area (Å²) < 4.78 is 5.01. The van der Waals surface area contributed by atoms with Crippen LogP contribution in [0.25, 0.3) is 0 Å². The van der Waals surface area contributed by atoms with Crippen LogP contribution >= 0.6 is 0 Å². The lowest BCUT2D eigenvalue weighted by atomic mass is 10.5. The van der Waals surface area contributed by atoms with Crippen LogP contribution in [0.1, 0.15) is 13.3 Å². The van der Waals surface area contributed by atoms with Crippen molar-refractivity contribution >= 4 is 0 Å². The van der Waals surface area contributed by atoms with E-state index < -0.39 is 0 Å². The van der Waals surface area contributed by atoms with Gasteiger partial charge < -0.3 is 21.9 Å². The van der Waals surface area contributed by atoms with Crippen molar-refractivity contribution in [1.29, 1.82) is 0 Å². The van der Waals surface area contributed by atoms with Gasteiger partial charge in [-0.3, -0.25) is 0 Å². The van der Waals surface area contributed by atoms with Gasteiger partial charge in [0.25, 0.3) is 0 Å². The van der Waals surface area contributed by atoms with Crippen molar-refractivity contribution in [2.45, 2.75) is 13.3 Å². The molecule has 0 amide bonds. The second-order valence-electron chi connectivity index (χ2n) is 1.98. The molecule has 0 radical (unpaired) electrons. The lowest BCUT2D eigenvalue weighted by molar-refractivity contribution is 0.142. The Morgan fingerprint density at radius 2 is 1.45 bits per heavy atom. The van der Waals surface area contributed by atoms with Gasteiger partial charge in [0.15, 0.2) is 0 Å². The molecule has 0 heterocycles. The summed E-state index contributed by atoms with van der Waals surface area (Å²) >= 11 is 0. The second-order valence-corrected chi connectivity index (χ2v) is 1.98. The SMILES string of the molecule is CCCOCCN.NCCN. The minimum Gasteiger partial charge on any atom is -0.380 e. The Bertz CT molecular complexity index is 47.0. The van der Waals surface area contributed by atoms with E-state index in [4.69, 9.17) is 21.9 Å². The summed E-state index contributed by atoms with van der Waals surface area (Å²) in [5.41, 5.74) is 14.9. The van der Waals surface area contributed by atoms with E-state index in [9.17, 15) is 0 Å². The fourth-order valence-electron chi connectivity index (χ4n) is 0.330. The topological polar surface area (TPSA) is 87.3 Å². The Morgan fingerprint density at radius 3 is 1.73 bits per heavy atom. The maximum atomic E-state index is 5.14. The van der Waals surface area contributed by atoms with Gasteiger partial charge in [0.1, 0.15) is 0 Å². The van der Waals surface area contributed by atoms with Crippen molar-refractivity contribution in [3.63, 3.8) is 0 Å². The third-order valence-electron chi connectivity index (χ3n) is 0.777. The molecule has 0 atom stereocenters. The molecule has 70 valence electrons. The van der Waals surface area contributed by atoms with Crippen LogP contribution in [0.2, 0.25) is 0 Å². The van der Waals surface area contributed by atoms with Crippen molar-refractivity contribution in [2.75, 3.05) is 32.8 Å². The maximum Gasteiger partial charge on any atom is 0.0588 e. The molecule has 0 saturated heterocycles. The molecule has 4 heteroatoms. The van der Waals surface area contributed by atoms with Gasteiger partial charge in [0.05, 0.1) is 6.61 Å². The fourth-order valence-corrected chi connectivity index (χ4v) is 0.330. The summed E-state index contributed by atoms with van der Waals surface area (Å²) in [5.74, 6) is 0. The molecule has 0 spiro atoms. The molecule has 0 aliphatic heterocycles. The molecular weight excluding hydrogens is 142 g/mol. The quantitative estimate of drug-likeness (QED) is 0.467. The first kappa shape index (κ1) is 13.4. The number of hydrogen-bond acceptors (Lipinski definition) is 4. The van der Waals surface area contributed by atoms with E-state index in [2.05, 4.69) is 6.92 Å². The van der Waals surface area contributed by atoms with Crippen molar-refractivity contribution in [2.24, 2.45) is 17.2 Å². The third-order valence-corrected chi connectivity index (χ3v) is 0.777. The number of nitrogens with two attached hydrogens (primary N) is 3. The van der Waals surface area contributed by atoms with Crippen LogP contribution in [0.15, 0.2) is 0 Å². The van der Waals surface area contributed by atoms with Crippen molar-refractivity contribution in [3.8, 4) is 0 Å². The second kappa shape index (κ2) is 16.4. The zero-order valence-electron chi connectivity index (χ0n) is 7.38. The van der Waals surface area contributed by atoms with Crippen LogP contribution in [0.4, 0.5) is 0 Å². The van der Waals surface area contributed by atoms with E-state index >= 15 is 0 Å². The minimum absolute atomic E-state index is 0.597. The monoisotopic (exact) mass is 163 g/mol. The van der Waals surface area contributed by atoms with Crippen LogP contribution in [0, 0.1) is 0 Å². The zero-order chi connectivity index (χ0) is 8.95. The average Bonchev–Trinajstić information content (AvgIpc) is 2.06. The molecule has 6 N–H and O–H groups in total. The highest BCUT2D eigenvalue weighted by molar-refractivity contribution is 4.29. The van der Waals surface area contributed by atoms with E-state index in [1.165, 1.54) is 0 Å². The average molecular weight is 163 g/mol. The molecule has 0 saturated carbocycles. The fraction of sp³-hybridized carbons (Fsp3) is 1.00. The highest BCUT2D eigenvalue weighted by Gasteiger charge is 1.77. The first-order valence-corrected chi connectivity index (χ1v) is 4.01. The van der Waals surface area contributed by atoms with E-state index in [1.54, 1.807) is 0 Å². The molecule has 11 heavy (non-hydrogen) atoms. The Morgan fingerprint density at radius 1 is 0.909 bits per heavy atom. The molecule has 0 aromatic rings. The summed E-state index contributed by atoms with van der Waals surface area (Å²) in [6.45, 7) is 5.46. The number of hydrogen-bond donors (Lipinski definition) is 3. The van der Waals surface area contributed by atoms with Gasteiger partial charge in [0, 0.05) is 26.2 Å². The largest absolute Gasteiger partial charge is 0.380 e. The Balaban J connectivity index is 0. The van der Waals surface area contributed by atoms with E-state index in [0.29, 0.717) is 26.2 Å². The molecule has 0 unspecified atom stereocenters. The smallest absolute Gasteiger partial charge is 0.0588 e. The van der Waals surface area contributed by atoms with E-state index in [1.807, 2.05) is 0 Å². The van der Waals surface area contributed by atoms with Crippen LogP contribution in [-0.2, 0) is 4.74 Å². The zero-order valence-corrected chi connectivity index (χ0v) is 7.38. The minimum atomic E-state index is 0.597. The molecule has 0 aliphatic carbocycles. The summed E-state index contributed by atoms with van der Waals surface area (Å²) in [4.78, 5) is 0. The van der Waals surface area contributed by atoms with Crippen LogP contribution < -0.4 is 17.2 Å². The van der Waals surface area contributed by atoms with Gasteiger partial charge in [0.2, 0.25) is 0 Å². The van der Waals surface area contributed by atoms with Crippen molar-refractivity contribution in [3.05, 3.63) is 0 Å². The van der Waals surface area contributed by atoms with Crippen molar-refractivity contribution < 1.29 is 4.74 Å². The van der Waals surface area contributed by atoms with Gasteiger partial charge in [-0.1, -0.05) is 6.92 Å². The molecule has 4 nitrogen and oxygen atoms in total. The van der Waals surface area contributed by atoms with Gasteiger partial charge >= 0.3 is 0 Å². The Labute approximate surface area is 69.1 Å². The summed E-state index contributed by atoms with van der Waals surface area (Å²) in [6, 6.07) is 0. The maximum absolute atomic E-state index is 5.14. The summed E-state index contributed by atoms with van der Waals surface area (Å²) in [7, 11) is 0. The van der Waals surface area contributed by atoms with Gasteiger partial charge in [-0.2, -0.15) is 0 Å². The lowest BCUT2D eigenvalue weighted by Gasteiger charge is -1.95. The summed E-state index contributed by atoms with van der Waals surface area (Å²) in [5, 5.41) is 0. The lowest BCUT2D eigenvalue weighted by Crippen LogP contribution is -2.11. The molecule has 0 fully saturated rings. The van der Waals surface area contributed by atoms with E-state index in [0.717, 1.165) is 13.0 Å². The molecule has 0 aliphatic rings. The molecule has 0 aromatic heterocycles. The third kappa shape index (κ3) is 25.8. The Kier molecular flexibility index (Phi) is 20.1. The predicted octanol–water partition coefficient (Wildman–Crippen LogP) is -0.724. The molecule has 0 bridgehead atoms. The number of ether oxygens (including phenoxy) is 1. The molecule has 0 rings (SSSR count). The predicted molar refractivity (Wildman–Crippen MR) is 48.3 cm³/mol. The van der Waals surface area contributed by atoms with Crippen LogP contribution in [-0.4, -0.2) is 32.8 Å².